The van der Waals surface area contributed by atoms with E-state index in [4.69, 9.17) is 10.1 Å². The van der Waals surface area contributed by atoms with Crippen molar-refractivity contribution in [1.29, 1.82) is 5.41 Å². The van der Waals surface area contributed by atoms with Crippen molar-refractivity contribution in [2.45, 2.75) is 59.0 Å². The first kappa shape index (κ1) is 29.9. The van der Waals surface area contributed by atoms with Gasteiger partial charge in [0.1, 0.15) is 25.1 Å². The molecule has 2 aliphatic heterocycles. The standard InChI is InChI=1S/C25H29F3N6O3.C2H6/c1-15(29)18-10-17(11-30-23(18)32-20-8-3-4-9-37-20)31-19-7-5-6-16-12-34(24(36)22(16)19)13-21(35)33(2)14-25(26,27)28;1-2/h5-7,10-11,20,29,31H,3-4,8-9,12-14H2,1-2H3,(H,30,32);1-2H3. The lowest BCUT2D eigenvalue weighted by atomic mass is 10.1. The van der Waals surface area contributed by atoms with E-state index in [1.54, 1.807) is 37.4 Å². The first-order chi connectivity index (χ1) is 18.5. The maximum Gasteiger partial charge on any atom is 0.406 e. The van der Waals surface area contributed by atoms with Gasteiger partial charge in [0.2, 0.25) is 5.91 Å². The molecule has 0 bridgehead atoms. The molecule has 0 aliphatic carbocycles. The Morgan fingerprint density at radius 3 is 2.67 bits per heavy atom. The van der Waals surface area contributed by atoms with Crippen molar-refractivity contribution in [2.75, 3.05) is 37.4 Å². The van der Waals surface area contributed by atoms with E-state index in [9.17, 15) is 22.8 Å². The van der Waals surface area contributed by atoms with Gasteiger partial charge in [0.25, 0.3) is 5.91 Å². The van der Waals surface area contributed by atoms with Gasteiger partial charge < -0.3 is 30.6 Å². The summed E-state index contributed by atoms with van der Waals surface area (Å²) >= 11 is 0. The Balaban J connectivity index is 0.00000205. The third kappa shape index (κ3) is 7.69. The average molecular weight is 549 g/mol. The van der Waals surface area contributed by atoms with Crippen molar-refractivity contribution in [1.82, 2.24) is 14.8 Å². The van der Waals surface area contributed by atoms with Gasteiger partial charge in [0, 0.05) is 31.5 Å². The highest BCUT2D eigenvalue weighted by Gasteiger charge is 2.35. The topological polar surface area (TPSA) is 111 Å². The Kier molecular flexibility index (Phi) is 9.90. The number of carbonyl (C=O) groups excluding carboxylic acids is 2. The molecule has 1 fully saturated rings. The number of halogens is 3. The molecule has 1 aromatic carbocycles. The molecular weight excluding hydrogens is 513 g/mol. The number of hydrogen-bond acceptors (Lipinski definition) is 7. The number of nitrogens with one attached hydrogen (secondary N) is 3. The Morgan fingerprint density at radius 1 is 1.28 bits per heavy atom. The van der Waals surface area contributed by atoms with Crippen LogP contribution in [0.15, 0.2) is 30.5 Å². The predicted octanol–water partition coefficient (Wildman–Crippen LogP) is 5.15. The van der Waals surface area contributed by atoms with Gasteiger partial charge in [-0.2, -0.15) is 13.2 Å². The van der Waals surface area contributed by atoms with Gasteiger partial charge in [-0.3, -0.25) is 9.59 Å². The van der Waals surface area contributed by atoms with Crippen LogP contribution in [0.3, 0.4) is 0 Å². The van der Waals surface area contributed by atoms with Crippen LogP contribution >= 0.6 is 0 Å². The van der Waals surface area contributed by atoms with E-state index in [0.717, 1.165) is 26.3 Å². The molecule has 2 aromatic rings. The van der Waals surface area contributed by atoms with Crippen molar-refractivity contribution in [3.63, 3.8) is 0 Å². The predicted molar refractivity (Wildman–Crippen MR) is 143 cm³/mol. The number of pyridine rings is 1. The van der Waals surface area contributed by atoms with Crippen molar-refractivity contribution in [2.24, 2.45) is 0 Å². The number of fused-ring (bicyclic) bond motifs is 1. The highest BCUT2D eigenvalue weighted by atomic mass is 19.4. The fraction of sp³-hybridized carbons (Fsp3) is 0.481. The molecule has 3 N–H and O–H groups in total. The Hall–Kier alpha value is -3.67. The van der Waals surface area contributed by atoms with E-state index in [2.05, 4.69) is 15.6 Å². The molecule has 12 heteroatoms. The van der Waals surface area contributed by atoms with Gasteiger partial charge in [-0.05, 0) is 43.9 Å². The summed E-state index contributed by atoms with van der Waals surface area (Å²) in [5, 5.41) is 14.6. The highest BCUT2D eigenvalue weighted by Crippen LogP contribution is 2.32. The molecule has 2 aliphatic rings. The fourth-order valence-corrected chi connectivity index (χ4v) is 4.39. The lowest BCUT2D eigenvalue weighted by molar-refractivity contribution is -0.158. The molecule has 3 heterocycles. The van der Waals surface area contributed by atoms with Gasteiger partial charge in [0.15, 0.2) is 0 Å². The maximum atomic E-state index is 13.1. The van der Waals surface area contributed by atoms with Crippen molar-refractivity contribution in [3.05, 3.63) is 47.2 Å². The minimum absolute atomic E-state index is 0.114. The molecule has 1 saturated heterocycles. The van der Waals surface area contributed by atoms with Crippen LogP contribution in [-0.2, 0) is 16.1 Å². The number of anilines is 3. The Labute approximate surface area is 226 Å². The summed E-state index contributed by atoms with van der Waals surface area (Å²) < 4.78 is 43.6. The van der Waals surface area contributed by atoms with Gasteiger partial charge in [0.05, 0.1) is 23.1 Å². The average Bonchev–Trinajstić information content (AvgIpc) is 3.21. The zero-order valence-electron chi connectivity index (χ0n) is 22.6. The second kappa shape index (κ2) is 12.9. The van der Waals surface area contributed by atoms with Crippen LogP contribution in [0.25, 0.3) is 0 Å². The van der Waals surface area contributed by atoms with E-state index in [1.807, 2.05) is 13.8 Å². The normalized spacial score (nSPS) is 16.6. The summed E-state index contributed by atoms with van der Waals surface area (Å²) in [6.07, 6.45) is -0.191. The largest absolute Gasteiger partial charge is 0.406 e. The number of aromatic nitrogens is 1. The lowest BCUT2D eigenvalue weighted by Gasteiger charge is -2.25. The number of rotatable bonds is 8. The number of hydrogen-bond donors (Lipinski definition) is 3. The zero-order chi connectivity index (χ0) is 28.7. The van der Waals surface area contributed by atoms with Crippen LogP contribution in [-0.4, -0.2) is 71.5 Å². The van der Waals surface area contributed by atoms with Gasteiger partial charge in [-0.15, -0.1) is 0 Å². The Bertz CT molecular complexity index is 1200. The molecule has 0 radical (unpaired) electrons. The second-order valence-electron chi connectivity index (χ2n) is 9.24. The number of nitrogens with zero attached hydrogens (tertiary/aromatic N) is 3. The van der Waals surface area contributed by atoms with E-state index >= 15 is 0 Å². The SMILES string of the molecule is CC.CC(=N)c1cc(Nc2cccc3c2C(=O)N(CC(=O)N(C)CC(F)(F)F)C3)cnc1NC1CCCCO1. The van der Waals surface area contributed by atoms with Crippen LogP contribution < -0.4 is 10.6 Å². The van der Waals surface area contributed by atoms with Crippen molar-refractivity contribution in [3.8, 4) is 0 Å². The van der Waals surface area contributed by atoms with Crippen LogP contribution in [0.2, 0.25) is 0 Å². The van der Waals surface area contributed by atoms with E-state index < -0.39 is 31.1 Å². The second-order valence-corrected chi connectivity index (χ2v) is 9.24. The van der Waals surface area contributed by atoms with E-state index in [1.165, 1.54) is 4.90 Å². The number of ether oxygens (including phenoxy) is 1. The first-order valence-corrected chi connectivity index (χ1v) is 12.9. The lowest BCUT2D eigenvalue weighted by Crippen LogP contribution is -2.42. The van der Waals surface area contributed by atoms with Crippen LogP contribution in [0.1, 0.15) is 61.5 Å². The molecule has 0 saturated carbocycles. The molecule has 4 rings (SSSR count). The molecule has 1 aromatic heterocycles. The molecule has 212 valence electrons. The fourth-order valence-electron chi connectivity index (χ4n) is 4.39. The summed E-state index contributed by atoms with van der Waals surface area (Å²) in [6, 6.07) is 6.95. The van der Waals surface area contributed by atoms with Crippen LogP contribution in [0.5, 0.6) is 0 Å². The molecular formula is C27H35F3N6O3. The number of benzene rings is 1. The summed E-state index contributed by atoms with van der Waals surface area (Å²) in [6.45, 7) is 4.60. The third-order valence-corrected chi connectivity index (χ3v) is 6.23. The van der Waals surface area contributed by atoms with Crippen molar-refractivity contribution < 1.29 is 27.5 Å². The summed E-state index contributed by atoms with van der Waals surface area (Å²) in [5.74, 6) is -0.712. The quantitative estimate of drug-likeness (QED) is 0.394. The van der Waals surface area contributed by atoms with Gasteiger partial charge >= 0.3 is 6.18 Å². The van der Waals surface area contributed by atoms with E-state index in [-0.39, 0.29) is 12.8 Å². The minimum Gasteiger partial charge on any atom is -0.359 e. The molecule has 39 heavy (non-hydrogen) atoms. The Morgan fingerprint density at radius 2 is 2.03 bits per heavy atom. The molecule has 2 amide bonds. The van der Waals surface area contributed by atoms with Gasteiger partial charge in [-0.1, -0.05) is 26.0 Å². The maximum absolute atomic E-state index is 13.1. The van der Waals surface area contributed by atoms with Crippen LogP contribution in [0, 0.1) is 5.41 Å². The number of alkyl halides is 3. The van der Waals surface area contributed by atoms with E-state index in [0.29, 0.717) is 51.1 Å². The first-order valence-electron chi connectivity index (χ1n) is 12.9. The number of likely N-dealkylation sites (N-methyl/N-ethyl adjacent to an activating group) is 1. The number of amides is 2. The van der Waals surface area contributed by atoms with Crippen molar-refractivity contribution >= 4 is 34.7 Å². The zero-order valence-corrected chi connectivity index (χ0v) is 22.6. The molecule has 1 unspecified atom stereocenters. The molecule has 0 spiro atoms. The molecule has 1 atom stereocenters. The monoisotopic (exact) mass is 548 g/mol. The summed E-state index contributed by atoms with van der Waals surface area (Å²) in [5.41, 5.74) is 2.92. The minimum atomic E-state index is -4.52. The van der Waals surface area contributed by atoms with Crippen LogP contribution in [0.4, 0.5) is 30.4 Å². The smallest absolute Gasteiger partial charge is 0.359 e. The van der Waals surface area contributed by atoms with Gasteiger partial charge in [-0.25, -0.2) is 4.98 Å². The number of carbonyl (C=O) groups is 2. The highest BCUT2D eigenvalue weighted by molar-refractivity contribution is 6.06. The summed E-state index contributed by atoms with van der Waals surface area (Å²) in [4.78, 5) is 31.7. The molecule has 9 nitrogen and oxygen atoms in total. The summed E-state index contributed by atoms with van der Waals surface area (Å²) in [7, 11) is 1.06. The third-order valence-electron chi connectivity index (χ3n) is 6.23.